The molecule has 0 saturated heterocycles. The molecule has 0 aromatic rings. The lowest BCUT2D eigenvalue weighted by Gasteiger charge is -2.72. The summed E-state index contributed by atoms with van der Waals surface area (Å²) in [4.78, 5) is 12.8. The lowest BCUT2D eigenvalue weighted by molar-refractivity contribution is -0.278. The fourth-order valence-corrected chi connectivity index (χ4v) is 10.9. The smallest absolute Gasteiger partial charge is 0.310 e. The van der Waals surface area contributed by atoms with Crippen LogP contribution in [0.5, 0.6) is 0 Å². The summed E-state index contributed by atoms with van der Waals surface area (Å²) in [6, 6.07) is 0. The lowest BCUT2D eigenvalue weighted by Crippen LogP contribution is -2.72. The van der Waals surface area contributed by atoms with Crippen LogP contribution in [0.4, 0.5) is 0 Å². The lowest BCUT2D eigenvalue weighted by atomic mass is 9.33. The molecule has 4 fully saturated rings. The summed E-state index contributed by atoms with van der Waals surface area (Å²) in [7, 11) is 0. The molecule has 5 heteroatoms. The summed E-state index contributed by atoms with van der Waals surface area (Å²) in [5.74, 6) is 0.545. The predicted octanol–water partition coefficient (Wildman–Crippen LogP) is 5.03. The van der Waals surface area contributed by atoms with Gasteiger partial charge in [-0.2, -0.15) is 0 Å². The minimum absolute atomic E-state index is 0.0611. The van der Waals surface area contributed by atoms with Crippen LogP contribution in [0.3, 0.4) is 0 Å². The van der Waals surface area contributed by atoms with E-state index in [9.17, 15) is 25.2 Å². The number of carboxylic acids is 1. The fraction of sp³-hybridized carbons (Fsp3) is 0.900. The van der Waals surface area contributed by atoms with Crippen LogP contribution in [0.2, 0.25) is 0 Å². The Balaban J connectivity index is 1.65. The third-order valence-electron chi connectivity index (χ3n) is 13.5. The molecular weight excluding hydrogens is 440 g/mol. The first-order valence-corrected chi connectivity index (χ1v) is 14.1. The number of carbonyl (C=O) groups is 1. The molecule has 0 aliphatic heterocycles. The molecule has 0 spiro atoms. The van der Waals surface area contributed by atoms with Crippen LogP contribution >= 0.6 is 0 Å². The van der Waals surface area contributed by atoms with E-state index in [-0.39, 0.29) is 28.6 Å². The number of allylic oxidation sites excluding steroid dienone is 2. The van der Waals surface area contributed by atoms with Crippen LogP contribution in [0, 0.1) is 56.7 Å². The van der Waals surface area contributed by atoms with Gasteiger partial charge in [-0.25, -0.2) is 0 Å². The van der Waals surface area contributed by atoms with Crippen molar-refractivity contribution in [2.24, 2.45) is 56.7 Å². The van der Waals surface area contributed by atoms with Gasteiger partial charge in [-0.1, -0.05) is 60.1 Å². The predicted molar refractivity (Wildman–Crippen MR) is 135 cm³/mol. The minimum atomic E-state index is -1.16. The van der Waals surface area contributed by atoms with Crippen molar-refractivity contribution in [3.05, 3.63) is 11.6 Å². The molecule has 35 heavy (non-hydrogen) atoms. The van der Waals surface area contributed by atoms with Crippen molar-refractivity contribution in [2.45, 2.75) is 112 Å². The van der Waals surface area contributed by atoms with E-state index in [4.69, 9.17) is 0 Å². The SMILES string of the molecule is C[C@H]1[C@H](C)CC[C@]2(C(=O)O)CC[C@]3(C)C(=CC[C@@H]4[C@@]5(C)C(O)C(O)[C@H](O)C(C)(C)[C@@H]5CC[C@]43C)[C@H]12. The van der Waals surface area contributed by atoms with Crippen LogP contribution in [0.15, 0.2) is 11.6 Å². The van der Waals surface area contributed by atoms with Gasteiger partial charge in [-0.05, 0) is 90.8 Å². The number of hydrogen-bond donors (Lipinski definition) is 4. The van der Waals surface area contributed by atoms with E-state index in [1.807, 2.05) is 0 Å². The Morgan fingerprint density at radius 1 is 0.886 bits per heavy atom. The van der Waals surface area contributed by atoms with E-state index < -0.39 is 40.5 Å². The van der Waals surface area contributed by atoms with Crippen molar-refractivity contribution < 1.29 is 25.2 Å². The summed E-state index contributed by atoms with van der Waals surface area (Å²) in [5.41, 5.74) is -0.536. The van der Waals surface area contributed by atoms with Crippen LogP contribution < -0.4 is 0 Å². The highest BCUT2D eigenvalue weighted by atomic mass is 16.4. The Kier molecular flexibility index (Phi) is 5.56. The molecule has 0 heterocycles. The van der Waals surface area contributed by atoms with Gasteiger partial charge in [0.2, 0.25) is 0 Å². The van der Waals surface area contributed by atoms with E-state index in [1.54, 1.807) is 0 Å². The first-order chi connectivity index (χ1) is 16.1. The van der Waals surface area contributed by atoms with Gasteiger partial charge in [-0.3, -0.25) is 4.79 Å². The molecule has 0 amide bonds. The van der Waals surface area contributed by atoms with Crippen LogP contribution in [-0.4, -0.2) is 44.7 Å². The number of aliphatic hydroxyl groups excluding tert-OH is 3. The van der Waals surface area contributed by atoms with Gasteiger partial charge in [0.1, 0.15) is 6.10 Å². The summed E-state index contributed by atoms with van der Waals surface area (Å²) in [5, 5.41) is 44.0. The van der Waals surface area contributed by atoms with Crippen molar-refractivity contribution in [3.8, 4) is 0 Å². The zero-order chi connectivity index (χ0) is 25.9. The van der Waals surface area contributed by atoms with E-state index >= 15 is 0 Å². The third kappa shape index (κ3) is 2.84. The zero-order valence-corrected chi connectivity index (χ0v) is 22.8. The second-order valence-corrected chi connectivity index (χ2v) is 14.7. The molecule has 0 aromatic heterocycles. The van der Waals surface area contributed by atoms with Crippen molar-refractivity contribution in [3.63, 3.8) is 0 Å². The van der Waals surface area contributed by atoms with Crippen molar-refractivity contribution in [1.29, 1.82) is 0 Å². The van der Waals surface area contributed by atoms with Crippen LogP contribution in [0.25, 0.3) is 0 Å². The van der Waals surface area contributed by atoms with E-state index in [1.165, 1.54) is 5.57 Å². The molecule has 2 unspecified atom stereocenters. The number of rotatable bonds is 1. The normalized spacial score (nSPS) is 57.1. The molecule has 0 aromatic carbocycles. The molecule has 4 saturated carbocycles. The standard InChI is InChI=1S/C30H48O5/c1-16-10-13-30(25(34)35)15-14-27(5)18(21(30)17(16)2)8-9-20-28(27,6)12-11-19-26(3,4)23(32)22(31)24(33)29(19,20)7/h8,16-17,19-24,31-33H,9-15H2,1-7H3,(H,34,35)/t16-,17+,19+,20+,21+,22?,23+,24?,27-,28-,29+,30+/m1/s1. The molecule has 12 atom stereocenters. The molecule has 4 N–H and O–H groups in total. The number of aliphatic hydroxyl groups is 3. The highest BCUT2D eigenvalue weighted by Gasteiger charge is 2.72. The fourth-order valence-electron chi connectivity index (χ4n) is 10.9. The quantitative estimate of drug-likeness (QED) is 0.388. The summed E-state index contributed by atoms with van der Waals surface area (Å²) in [6.07, 6.45) is 5.34. The minimum Gasteiger partial charge on any atom is -0.481 e. The average molecular weight is 489 g/mol. The first-order valence-electron chi connectivity index (χ1n) is 14.1. The van der Waals surface area contributed by atoms with Gasteiger partial charge in [0.25, 0.3) is 0 Å². The van der Waals surface area contributed by atoms with Gasteiger partial charge >= 0.3 is 5.97 Å². The Labute approximate surface area is 211 Å². The molecule has 5 rings (SSSR count). The molecule has 198 valence electrons. The Hall–Kier alpha value is -0.910. The van der Waals surface area contributed by atoms with Gasteiger partial charge < -0.3 is 20.4 Å². The van der Waals surface area contributed by atoms with E-state index in [0.717, 1.165) is 44.9 Å². The summed E-state index contributed by atoms with van der Waals surface area (Å²) in [6.45, 7) is 15.6. The third-order valence-corrected chi connectivity index (χ3v) is 13.5. The van der Waals surface area contributed by atoms with E-state index in [2.05, 4.69) is 54.5 Å². The molecular formula is C30H48O5. The van der Waals surface area contributed by atoms with E-state index in [0.29, 0.717) is 11.8 Å². The Bertz CT molecular complexity index is 941. The molecule has 0 bridgehead atoms. The topological polar surface area (TPSA) is 98.0 Å². The highest BCUT2D eigenvalue weighted by molar-refractivity contribution is 5.76. The average Bonchev–Trinajstić information content (AvgIpc) is 2.79. The molecule has 5 aliphatic rings. The van der Waals surface area contributed by atoms with Gasteiger partial charge in [-0.15, -0.1) is 0 Å². The maximum atomic E-state index is 12.8. The summed E-state index contributed by atoms with van der Waals surface area (Å²) >= 11 is 0. The van der Waals surface area contributed by atoms with Gasteiger partial charge in [0.05, 0.1) is 17.6 Å². The first kappa shape index (κ1) is 25.7. The molecule has 5 nitrogen and oxygen atoms in total. The zero-order valence-electron chi connectivity index (χ0n) is 22.8. The number of hydrogen-bond acceptors (Lipinski definition) is 4. The second kappa shape index (κ2) is 7.57. The largest absolute Gasteiger partial charge is 0.481 e. The van der Waals surface area contributed by atoms with Crippen molar-refractivity contribution >= 4 is 5.97 Å². The van der Waals surface area contributed by atoms with Crippen LogP contribution in [0.1, 0.15) is 93.4 Å². The molecule has 5 aliphatic carbocycles. The Morgan fingerprint density at radius 2 is 1.54 bits per heavy atom. The number of carboxylic acid groups (broad SMARTS) is 1. The van der Waals surface area contributed by atoms with Gasteiger partial charge in [0, 0.05) is 5.41 Å². The monoisotopic (exact) mass is 488 g/mol. The summed E-state index contributed by atoms with van der Waals surface area (Å²) < 4.78 is 0. The number of aliphatic carboxylic acids is 1. The highest BCUT2D eigenvalue weighted by Crippen LogP contribution is 2.75. The van der Waals surface area contributed by atoms with Crippen LogP contribution in [-0.2, 0) is 4.79 Å². The van der Waals surface area contributed by atoms with Crippen molar-refractivity contribution in [2.75, 3.05) is 0 Å². The maximum absolute atomic E-state index is 12.8. The number of fused-ring (bicyclic) bond motifs is 7. The molecule has 0 radical (unpaired) electrons. The van der Waals surface area contributed by atoms with Crippen molar-refractivity contribution in [1.82, 2.24) is 0 Å². The maximum Gasteiger partial charge on any atom is 0.310 e. The van der Waals surface area contributed by atoms with Gasteiger partial charge in [0.15, 0.2) is 0 Å². The Morgan fingerprint density at radius 3 is 2.17 bits per heavy atom. The second-order valence-electron chi connectivity index (χ2n) is 14.7.